The van der Waals surface area contributed by atoms with E-state index in [9.17, 15) is 9.59 Å². The molecule has 5 nitrogen and oxygen atoms in total. The Morgan fingerprint density at radius 3 is 2.77 bits per heavy atom. The van der Waals surface area contributed by atoms with Gasteiger partial charge in [0.25, 0.3) is 0 Å². The summed E-state index contributed by atoms with van der Waals surface area (Å²) in [7, 11) is 0. The van der Waals surface area contributed by atoms with E-state index in [1.807, 2.05) is 32.0 Å². The molecular formula is C16H20N2O3S. The third-order valence-corrected chi connectivity index (χ3v) is 4.16. The molecule has 1 amide bonds. The van der Waals surface area contributed by atoms with Crippen LogP contribution in [0.2, 0.25) is 0 Å². The number of amides is 1. The van der Waals surface area contributed by atoms with Crippen molar-refractivity contribution in [2.45, 2.75) is 40.2 Å². The minimum Gasteiger partial charge on any atom is -0.465 e. The lowest BCUT2D eigenvalue weighted by atomic mass is 10.2. The number of aryl methyl sites for hydroxylation is 1. The predicted molar refractivity (Wildman–Crippen MR) is 86.7 cm³/mol. The van der Waals surface area contributed by atoms with Crippen LogP contribution in [0.25, 0.3) is 10.2 Å². The summed E-state index contributed by atoms with van der Waals surface area (Å²) in [4.78, 5) is 28.4. The van der Waals surface area contributed by atoms with Gasteiger partial charge in [0.2, 0.25) is 5.91 Å². The highest BCUT2D eigenvalue weighted by Crippen LogP contribution is 2.19. The van der Waals surface area contributed by atoms with E-state index >= 15 is 0 Å². The highest BCUT2D eigenvalue weighted by Gasteiger charge is 2.12. The van der Waals surface area contributed by atoms with E-state index in [1.54, 1.807) is 11.5 Å². The Hall–Kier alpha value is -1.95. The summed E-state index contributed by atoms with van der Waals surface area (Å²) in [6.45, 7) is 6.12. The van der Waals surface area contributed by atoms with Crippen LogP contribution in [0.1, 0.15) is 32.3 Å². The molecule has 0 aliphatic rings. The van der Waals surface area contributed by atoms with Gasteiger partial charge in [0.1, 0.15) is 6.54 Å². The van der Waals surface area contributed by atoms with E-state index in [-0.39, 0.29) is 18.4 Å². The summed E-state index contributed by atoms with van der Waals surface area (Å²) >= 11 is 1.42. The summed E-state index contributed by atoms with van der Waals surface area (Å²) in [6.07, 6.45) is 1.16. The lowest BCUT2D eigenvalue weighted by Crippen LogP contribution is -2.23. The van der Waals surface area contributed by atoms with Gasteiger partial charge < -0.3 is 9.30 Å². The van der Waals surface area contributed by atoms with Crippen LogP contribution < -0.4 is 4.80 Å². The first-order valence-corrected chi connectivity index (χ1v) is 8.20. The number of fused-ring (bicyclic) bond motifs is 1. The van der Waals surface area contributed by atoms with Crippen LogP contribution in [0, 0.1) is 6.92 Å². The van der Waals surface area contributed by atoms with Crippen LogP contribution >= 0.6 is 11.3 Å². The number of carbonyl (C=O) groups excluding carboxylic acids is 2. The van der Waals surface area contributed by atoms with Gasteiger partial charge in [-0.25, -0.2) is 0 Å². The summed E-state index contributed by atoms with van der Waals surface area (Å²) in [5.41, 5.74) is 2.02. The van der Waals surface area contributed by atoms with Gasteiger partial charge in [0.05, 0.1) is 16.8 Å². The van der Waals surface area contributed by atoms with Gasteiger partial charge in [-0.1, -0.05) is 24.3 Å². The Morgan fingerprint density at radius 1 is 1.32 bits per heavy atom. The van der Waals surface area contributed by atoms with E-state index in [0.29, 0.717) is 17.8 Å². The maximum atomic E-state index is 11.8. The molecule has 6 heteroatoms. The van der Waals surface area contributed by atoms with Crippen molar-refractivity contribution in [3.05, 3.63) is 28.6 Å². The average Bonchev–Trinajstić information content (AvgIpc) is 2.76. The Labute approximate surface area is 133 Å². The summed E-state index contributed by atoms with van der Waals surface area (Å²) in [6, 6.07) is 5.96. The maximum absolute atomic E-state index is 11.8. The molecule has 0 spiro atoms. The highest BCUT2D eigenvalue weighted by atomic mass is 32.1. The second-order valence-electron chi connectivity index (χ2n) is 5.00. The van der Waals surface area contributed by atoms with Gasteiger partial charge in [-0.15, -0.1) is 0 Å². The lowest BCUT2D eigenvalue weighted by Gasteiger charge is -2.05. The molecule has 0 fully saturated rings. The van der Waals surface area contributed by atoms with Crippen LogP contribution in [0.5, 0.6) is 0 Å². The van der Waals surface area contributed by atoms with E-state index < -0.39 is 0 Å². The number of hydrogen-bond acceptors (Lipinski definition) is 4. The summed E-state index contributed by atoms with van der Waals surface area (Å²) in [5.74, 6) is -0.490. The number of rotatable bonds is 5. The molecule has 0 radical (unpaired) electrons. The van der Waals surface area contributed by atoms with Crippen molar-refractivity contribution in [1.82, 2.24) is 4.57 Å². The number of benzene rings is 1. The minimum absolute atomic E-state index is 0.0646. The van der Waals surface area contributed by atoms with Crippen molar-refractivity contribution in [2.75, 3.05) is 6.61 Å². The quantitative estimate of drug-likeness (QED) is 0.796. The first-order chi connectivity index (χ1) is 10.5. The second kappa shape index (κ2) is 7.35. The van der Waals surface area contributed by atoms with Crippen molar-refractivity contribution >= 4 is 33.4 Å². The Morgan fingerprint density at radius 2 is 2.09 bits per heavy atom. The van der Waals surface area contributed by atoms with Crippen molar-refractivity contribution < 1.29 is 14.3 Å². The molecule has 0 saturated heterocycles. The first-order valence-electron chi connectivity index (χ1n) is 7.38. The van der Waals surface area contributed by atoms with Crippen LogP contribution in [-0.4, -0.2) is 23.1 Å². The van der Waals surface area contributed by atoms with E-state index in [2.05, 4.69) is 4.99 Å². The fourth-order valence-electron chi connectivity index (χ4n) is 2.13. The molecule has 0 saturated carbocycles. The Bertz CT molecular complexity index is 758. The normalized spacial score (nSPS) is 11.9. The van der Waals surface area contributed by atoms with Crippen LogP contribution in [0.3, 0.4) is 0 Å². The van der Waals surface area contributed by atoms with Gasteiger partial charge in [0, 0.05) is 6.42 Å². The molecule has 0 aliphatic heterocycles. The van der Waals surface area contributed by atoms with E-state index in [1.165, 1.54) is 11.3 Å². The third kappa shape index (κ3) is 3.82. The van der Waals surface area contributed by atoms with Gasteiger partial charge in [-0.2, -0.15) is 4.99 Å². The Balaban J connectivity index is 2.53. The van der Waals surface area contributed by atoms with Crippen LogP contribution in [0.4, 0.5) is 0 Å². The number of esters is 1. The number of aromatic nitrogens is 1. The van der Waals surface area contributed by atoms with Crippen LogP contribution in [0.15, 0.2) is 23.2 Å². The van der Waals surface area contributed by atoms with Gasteiger partial charge in [-0.05, 0) is 38.0 Å². The SMILES string of the molecule is CCCC(=O)N=c1sc2cc(C)ccc2n1CC(=O)OCC. The molecule has 1 heterocycles. The molecule has 22 heavy (non-hydrogen) atoms. The smallest absolute Gasteiger partial charge is 0.326 e. The van der Waals surface area contributed by atoms with Gasteiger partial charge in [-0.3, -0.25) is 9.59 Å². The Kier molecular flexibility index (Phi) is 5.49. The third-order valence-electron chi connectivity index (χ3n) is 3.12. The second-order valence-corrected chi connectivity index (χ2v) is 6.01. The molecule has 118 valence electrons. The van der Waals surface area contributed by atoms with E-state index in [4.69, 9.17) is 4.74 Å². The van der Waals surface area contributed by atoms with Gasteiger partial charge in [0.15, 0.2) is 4.80 Å². The zero-order valence-corrected chi connectivity index (χ0v) is 13.9. The molecule has 0 aliphatic carbocycles. The molecule has 0 bridgehead atoms. The van der Waals surface area contributed by atoms with Crippen molar-refractivity contribution in [3.8, 4) is 0 Å². The maximum Gasteiger partial charge on any atom is 0.326 e. The standard InChI is InChI=1S/C16H20N2O3S/c1-4-6-14(19)17-16-18(10-15(20)21-5-2)12-8-7-11(3)9-13(12)22-16/h7-9H,4-6,10H2,1-3H3. The van der Waals surface area contributed by atoms with Crippen molar-refractivity contribution in [2.24, 2.45) is 4.99 Å². The van der Waals surface area contributed by atoms with Crippen LogP contribution in [-0.2, 0) is 20.9 Å². The largest absolute Gasteiger partial charge is 0.465 e. The topological polar surface area (TPSA) is 60.7 Å². The number of hydrogen-bond donors (Lipinski definition) is 0. The zero-order chi connectivity index (χ0) is 16.1. The number of ether oxygens (including phenoxy) is 1. The molecule has 0 unspecified atom stereocenters. The monoisotopic (exact) mass is 320 g/mol. The molecular weight excluding hydrogens is 300 g/mol. The van der Waals surface area contributed by atoms with Crippen molar-refractivity contribution in [1.29, 1.82) is 0 Å². The zero-order valence-electron chi connectivity index (χ0n) is 13.1. The molecule has 0 N–H and O–H groups in total. The number of thiazole rings is 1. The van der Waals surface area contributed by atoms with E-state index in [0.717, 1.165) is 22.2 Å². The van der Waals surface area contributed by atoms with Gasteiger partial charge >= 0.3 is 5.97 Å². The molecule has 1 aromatic heterocycles. The summed E-state index contributed by atoms with van der Waals surface area (Å²) < 4.78 is 7.78. The molecule has 2 rings (SSSR count). The molecule has 0 atom stereocenters. The first kappa shape index (κ1) is 16.4. The number of nitrogens with zero attached hydrogens (tertiary/aromatic N) is 2. The van der Waals surface area contributed by atoms with Crippen molar-refractivity contribution in [3.63, 3.8) is 0 Å². The summed E-state index contributed by atoms with van der Waals surface area (Å²) in [5, 5.41) is 0. The highest BCUT2D eigenvalue weighted by molar-refractivity contribution is 7.16. The lowest BCUT2D eigenvalue weighted by molar-refractivity contribution is -0.143. The predicted octanol–water partition coefficient (Wildman–Crippen LogP) is 2.80. The number of carbonyl (C=O) groups is 2. The fourth-order valence-corrected chi connectivity index (χ4v) is 3.28. The molecule has 1 aromatic carbocycles. The average molecular weight is 320 g/mol. The molecule has 2 aromatic rings. The fraction of sp³-hybridized carbons (Fsp3) is 0.438. The minimum atomic E-state index is -0.327.